The van der Waals surface area contributed by atoms with Gasteiger partial charge in [0.05, 0.1) is 0 Å². The number of hydrogen-bond acceptors (Lipinski definition) is 4. The highest BCUT2D eigenvalue weighted by atomic mass is 35.5. The van der Waals surface area contributed by atoms with Crippen LogP contribution in [0.5, 0.6) is 0 Å². The van der Waals surface area contributed by atoms with E-state index in [2.05, 4.69) is 12.1 Å². The first-order valence-electron chi connectivity index (χ1n) is 6.60. The van der Waals surface area contributed by atoms with Gasteiger partial charge in [0.15, 0.2) is 6.17 Å². The first kappa shape index (κ1) is 13.4. The number of aliphatic imine (C=N–C) groups is 2. The Morgan fingerprint density at radius 2 is 1.33 bits per heavy atom. The van der Waals surface area contributed by atoms with Gasteiger partial charge in [0.25, 0.3) is 0 Å². The molecule has 104 valence electrons. The van der Waals surface area contributed by atoms with Crippen molar-refractivity contribution < 1.29 is 0 Å². The topological polar surface area (TPSA) is 24.7 Å². The molecule has 0 aliphatic carbocycles. The zero-order chi connectivity index (χ0) is 14.2. The molecule has 21 heavy (non-hydrogen) atoms. The molecular formula is C16H11ClN2S2. The van der Waals surface area contributed by atoms with Crippen LogP contribution in [-0.2, 0) is 0 Å². The molecule has 0 N–H and O–H groups in total. The quantitative estimate of drug-likeness (QED) is 0.798. The Kier molecular flexibility index (Phi) is 3.53. The van der Waals surface area contributed by atoms with Crippen LogP contribution in [0.4, 0.5) is 0 Å². The van der Waals surface area contributed by atoms with E-state index in [4.69, 9.17) is 21.6 Å². The van der Waals surface area contributed by atoms with Crippen molar-refractivity contribution >= 4 is 45.2 Å². The zero-order valence-corrected chi connectivity index (χ0v) is 13.3. The molecule has 2 aliphatic rings. The first-order valence-corrected chi connectivity index (χ1v) is 8.73. The van der Waals surface area contributed by atoms with E-state index in [0.717, 1.165) is 20.7 Å². The largest absolute Gasteiger partial charge is 0.249 e. The van der Waals surface area contributed by atoms with E-state index < -0.39 is 0 Å². The van der Waals surface area contributed by atoms with Gasteiger partial charge in [-0.1, -0.05) is 77.6 Å². The minimum atomic E-state index is 0.0286. The summed E-state index contributed by atoms with van der Waals surface area (Å²) in [7, 11) is 0. The van der Waals surface area contributed by atoms with E-state index in [-0.39, 0.29) is 6.17 Å². The molecule has 0 saturated heterocycles. The van der Waals surface area contributed by atoms with E-state index >= 15 is 0 Å². The number of nitrogens with zero attached hydrogens (tertiary/aromatic N) is 2. The average Bonchev–Trinajstić information content (AvgIpc) is 3.07. The molecule has 0 radical (unpaired) electrons. The summed E-state index contributed by atoms with van der Waals surface area (Å²) in [6, 6.07) is 18.1. The number of fused-ring (bicyclic) bond motifs is 1. The van der Waals surface area contributed by atoms with Crippen molar-refractivity contribution in [1.82, 2.24) is 0 Å². The standard InChI is InChI=1S/C16H11ClN2S2/c17-12-8-6-11(7-9-12)15-19-13-16(21-15)20-14(18-13)10-4-2-1-3-5-10/h1-9,13,16H. The average molecular weight is 331 g/mol. The van der Waals surface area contributed by atoms with Gasteiger partial charge in [0.2, 0.25) is 0 Å². The summed E-state index contributed by atoms with van der Waals surface area (Å²) in [5.74, 6) is 0. The minimum Gasteiger partial charge on any atom is -0.249 e. The molecule has 2 unspecified atom stereocenters. The number of rotatable bonds is 2. The summed E-state index contributed by atoms with van der Waals surface area (Å²) in [5.41, 5.74) is 2.30. The monoisotopic (exact) mass is 330 g/mol. The summed E-state index contributed by atoms with van der Waals surface area (Å²) in [4.78, 5) is 9.51. The number of hydrogen-bond donors (Lipinski definition) is 0. The van der Waals surface area contributed by atoms with Crippen LogP contribution < -0.4 is 0 Å². The smallest absolute Gasteiger partial charge is 0.163 e. The van der Waals surface area contributed by atoms with Crippen LogP contribution in [0.3, 0.4) is 0 Å². The van der Waals surface area contributed by atoms with Crippen LogP contribution in [0.25, 0.3) is 0 Å². The second kappa shape index (κ2) is 5.52. The molecule has 2 atom stereocenters. The Hall–Kier alpha value is -1.23. The zero-order valence-electron chi connectivity index (χ0n) is 10.9. The normalized spacial score (nSPS) is 23.7. The molecule has 2 aromatic rings. The van der Waals surface area contributed by atoms with Crippen molar-refractivity contribution in [2.45, 2.75) is 10.7 Å². The molecule has 0 fully saturated rings. The van der Waals surface area contributed by atoms with Gasteiger partial charge >= 0.3 is 0 Å². The molecule has 0 saturated carbocycles. The molecule has 2 aliphatic heterocycles. The lowest BCUT2D eigenvalue weighted by Crippen LogP contribution is -2.03. The number of thioether (sulfide) groups is 2. The van der Waals surface area contributed by atoms with Crippen molar-refractivity contribution in [3.8, 4) is 0 Å². The lowest BCUT2D eigenvalue weighted by molar-refractivity contribution is 0.809. The van der Waals surface area contributed by atoms with Gasteiger partial charge in [0.1, 0.15) is 14.7 Å². The van der Waals surface area contributed by atoms with E-state index in [0.29, 0.717) is 4.58 Å². The summed E-state index contributed by atoms with van der Waals surface area (Å²) < 4.78 is 0.353. The second-order valence-corrected chi connectivity index (χ2v) is 7.75. The predicted molar refractivity (Wildman–Crippen MR) is 93.7 cm³/mol. The number of halogens is 1. The van der Waals surface area contributed by atoms with Crippen LogP contribution >= 0.6 is 35.1 Å². The molecule has 2 heterocycles. The highest BCUT2D eigenvalue weighted by molar-refractivity contribution is 8.31. The summed E-state index contributed by atoms with van der Waals surface area (Å²) in [6.45, 7) is 0. The molecular weight excluding hydrogens is 320 g/mol. The molecule has 4 rings (SSSR count). The Morgan fingerprint density at radius 3 is 1.90 bits per heavy atom. The summed E-state index contributed by atoms with van der Waals surface area (Å²) in [5, 5.41) is 2.91. The lowest BCUT2D eigenvalue weighted by atomic mass is 10.2. The third-order valence-electron chi connectivity index (χ3n) is 3.31. The second-order valence-electron chi connectivity index (χ2n) is 4.76. The van der Waals surface area contributed by atoms with E-state index in [1.807, 2.05) is 54.2 Å². The van der Waals surface area contributed by atoms with Crippen molar-refractivity contribution in [3.63, 3.8) is 0 Å². The van der Waals surface area contributed by atoms with E-state index in [1.54, 1.807) is 11.8 Å². The Labute approximate surface area is 136 Å². The fourth-order valence-corrected chi connectivity index (χ4v) is 4.95. The highest BCUT2D eigenvalue weighted by Gasteiger charge is 2.37. The molecule has 0 amide bonds. The van der Waals surface area contributed by atoms with Crippen LogP contribution in [-0.4, -0.2) is 20.8 Å². The van der Waals surface area contributed by atoms with Crippen LogP contribution in [0.1, 0.15) is 11.1 Å². The first-order chi connectivity index (χ1) is 10.3. The lowest BCUT2D eigenvalue weighted by Gasteiger charge is -2.05. The maximum Gasteiger partial charge on any atom is 0.163 e. The predicted octanol–water partition coefficient (Wildman–Crippen LogP) is 4.68. The van der Waals surface area contributed by atoms with Crippen molar-refractivity contribution in [2.24, 2.45) is 9.98 Å². The molecule has 2 nitrogen and oxygen atoms in total. The minimum absolute atomic E-state index is 0.0286. The third kappa shape index (κ3) is 2.63. The SMILES string of the molecule is Clc1ccc(C2=NC3N=C(c4ccccc4)SC3S2)cc1. The van der Waals surface area contributed by atoms with E-state index in [9.17, 15) is 0 Å². The molecule has 0 spiro atoms. The van der Waals surface area contributed by atoms with Crippen LogP contribution in [0.2, 0.25) is 5.02 Å². The van der Waals surface area contributed by atoms with Gasteiger partial charge in [0, 0.05) is 16.1 Å². The number of benzene rings is 2. The third-order valence-corrected chi connectivity index (χ3v) is 6.22. The molecule has 0 aromatic heterocycles. The Morgan fingerprint density at radius 1 is 0.762 bits per heavy atom. The van der Waals surface area contributed by atoms with Gasteiger partial charge < -0.3 is 0 Å². The Balaban J connectivity index is 1.59. The van der Waals surface area contributed by atoms with Gasteiger partial charge in [-0.05, 0) is 12.1 Å². The van der Waals surface area contributed by atoms with Crippen molar-refractivity contribution in [3.05, 3.63) is 70.7 Å². The molecule has 2 aromatic carbocycles. The maximum absolute atomic E-state index is 5.93. The van der Waals surface area contributed by atoms with Gasteiger partial charge in [-0.15, -0.1) is 0 Å². The maximum atomic E-state index is 5.93. The molecule has 0 bridgehead atoms. The van der Waals surface area contributed by atoms with Crippen LogP contribution in [0.15, 0.2) is 64.6 Å². The van der Waals surface area contributed by atoms with Gasteiger partial charge in [-0.25, -0.2) is 9.98 Å². The van der Waals surface area contributed by atoms with Crippen LogP contribution in [0, 0.1) is 0 Å². The Bertz CT molecular complexity index is 726. The molecule has 5 heteroatoms. The van der Waals surface area contributed by atoms with E-state index in [1.165, 1.54) is 5.56 Å². The fourth-order valence-electron chi connectivity index (χ4n) is 2.28. The van der Waals surface area contributed by atoms with Crippen molar-refractivity contribution in [2.75, 3.05) is 0 Å². The fraction of sp³-hybridized carbons (Fsp3) is 0.125. The van der Waals surface area contributed by atoms with Crippen molar-refractivity contribution in [1.29, 1.82) is 0 Å². The van der Waals surface area contributed by atoms with Gasteiger partial charge in [-0.2, -0.15) is 0 Å². The summed E-state index contributed by atoms with van der Waals surface area (Å²) >= 11 is 9.53. The summed E-state index contributed by atoms with van der Waals surface area (Å²) in [6.07, 6.45) is 0.0286. The highest BCUT2D eigenvalue weighted by Crippen LogP contribution is 2.44. The van der Waals surface area contributed by atoms with Gasteiger partial charge in [-0.3, -0.25) is 0 Å².